The number of nitrogens with zero attached hydrogens (tertiary/aromatic N) is 2. The van der Waals surface area contributed by atoms with Crippen molar-refractivity contribution in [2.45, 2.75) is 19.8 Å². The van der Waals surface area contributed by atoms with Crippen LogP contribution in [0.2, 0.25) is 0 Å². The third kappa shape index (κ3) is 4.15. The molecule has 1 aliphatic rings. The first-order valence-corrected chi connectivity index (χ1v) is 9.12. The predicted molar refractivity (Wildman–Crippen MR) is 99.5 cm³/mol. The van der Waals surface area contributed by atoms with Gasteiger partial charge < -0.3 is 9.80 Å². The van der Waals surface area contributed by atoms with Gasteiger partial charge in [0.15, 0.2) is 0 Å². The molecule has 2 amide bonds. The van der Waals surface area contributed by atoms with Crippen LogP contribution >= 0.6 is 0 Å². The molecule has 6 heteroatoms. The second-order valence-corrected chi connectivity index (χ2v) is 6.61. The minimum Gasteiger partial charge on any atom is -0.339 e. The Morgan fingerprint density at radius 3 is 2.33 bits per heavy atom. The molecule has 0 aliphatic carbocycles. The van der Waals surface area contributed by atoms with Crippen LogP contribution in [0.5, 0.6) is 0 Å². The number of hydrogen-bond donors (Lipinski definition) is 0. The molecule has 0 aromatic heterocycles. The van der Waals surface area contributed by atoms with E-state index in [1.807, 2.05) is 37.3 Å². The topological polar surface area (TPSA) is 40.6 Å². The fraction of sp³-hybridized carbons (Fsp3) is 0.333. The van der Waals surface area contributed by atoms with Crippen molar-refractivity contribution in [3.05, 3.63) is 65.7 Å². The van der Waals surface area contributed by atoms with E-state index in [1.165, 1.54) is 11.0 Å². The fourth-order valence-electron chi connectivity index (χ4n) is 3.46. The number of para-hydroxylation sites is 1. The Morgan fingerprint density at radius 1 is 1.07 bits per heavy atom. The van der Waals surface area contributed by atoms with E-state index < -0.39 is 17.5 Å². The molecule has 142 valence electrons. The first kappa shape index (κ1) is 19.0. The van der Waals surface area contributed by atoms with Gasteiger partial charge in [0.25, 0.3) is 5.91 Å². The van der Waals surface area contributed by atoms with Gasteiger partial charge in [0.05, 0.1) is 5.56 Å². The van der Waals surface area contributed by atoms with E-state index in [9.17, 15) is 18.4 Å². The highest BCUT2D eigenvalue weighted by molar-refractivity contribution is 5.96. The summed E-state index contributed by atoms with van der Waals surface area (Å²) >= 11 is 0. The van der Waals surface area contributed by atoms with Crippen molar-refractivity contribution >= 4 is 17.5 Å². The Kier molecular flexibility index (Phi) is 5.84. The van der Waals surface area contributed by atoms with Crippen LogP contribution in [0.15, 0.2) is 48.5 Å². The van der Waals surface area contributed by atoms with Gasteiger partial charge in [0.2, 0.25) is 5.91 Å². The number of amides is 2. The number of piperidine rings is 1. The van der Waals surface area contributed by atoms with Crippen molar-refractivity contribution < 1.29 is 18.4 Å². The zero-order valence-electron chi connectivity index (χ0n) is 15.2. The number of anilines is 1. The third-order valence-corrected chi connectivity index (χ3v) is 4.94. The SMILES string of the molecule is CCN(C(=O)C1CCN(C(=O)c2ccc(F)cc2F)CC1)c1ccccc1. The molecule has 0 unspecified atom stereocenters. The lowest BCUT2D eigenvalue weighted by molar-refractivity contribution is -0.123. The number of hydrogen-bond acceptors (Lipinski definition) is 2. The van der Waals surface area contributed by atoms with Gasteiger partial charge >= 0.3 is 0 Å². The lowest BCUT2D eigenvalue weighted by Gasteiger charge is -2.34. The summed E-state index contributed by atoms with van der Waals surface area (Å²) < 4.78 is 26.9. The number of rotatable bonds is 4. The second-order valence-electron chi connectivity index (χ2n) is 6.61. The van der Waals surface area contributed by atoms with Crippen LogP contribution in [0.4, 0.5) is 14.5 Å². The van der Waals surface area contributed by atoms with Gasteiger partial charge in [-0.15, -0.1) is 0 Å². The molecule has 1 heterocycles. The summed E-state index contributed by atoms with van der Waals surface area (Å²) in [5, 5.41) is 0. The van der Waals surface area contributed by atoms with Crippen molar-refractivity contribution in [1.29, 1.82) is 0 Å². The molecule has 0 spiro atoms. The standard InChI is InChI=1S/C21H22F2N2O2/c1-2-25(17-6-4-3-5-7-17)20(26)15-10-12-24(13-11-15)21(27)18-9-8-16(22)14-19(18)23/h3-9,14-15H,2,10-13H2,1H3. The fourth-order valence-corrected chi connectivity index (χ4v) is 3.46. The molecule has 1 fully saturated rings. The minimum absolute atomic E-state index is 0.0451. The van der Waals surface area contributed by atoms with E-state index in [0.29, 0.717) is 38.5 Å². The van der Waals surface area contributed by atoms with Crippen molar-refractivity contribution in [2.24, 2.45) is 5.92 Å². The first-order chi connectivity index (χ1) is 13.0. The molecule has 1 aliphatic heterocycles. The maximum absolute atomic E-state index is 13.9. The quantitative estimate of drug-likeness (QED) is 0.817. The molecule has 3 rings (SSSR count). The number of carbonyl (C=O) groups is 2. The number of halogens is 2. The van der Waals surface area contributed by atoms with Crippen LogP contribution in [-0.4, -0.2) is 36.3 Å². The largest absolute Gasteiger partial charge is 0.339 e. The van der Waals surface area contributed by atoms with E-state index in [0.717, 1.165) is 11.8 Å². The summed E-state index contributed by atoms with van der Waals surface area (Å²) in [5.41, 5.74) is 0.720. The number of carbonyl (C=O) groups excluding carboxylic acids is 2. The van der Waals surface area contributed by atoms with Gasteiger partial charge in [0, 0.05) is 37.3 Å². The highest BCUT2D eigenvalue weighted by Crippen LogP contribution is 2.25. The zero-order chi connectivity index (χ0) is 19.4. The summed E-state index contributed by atoms with van der Waals surface area (Å²) in [6.07, 6.45) is 1.05. The van der Waals surface area contributed by atoms with Crippen molar-refractivity contribution in [1.82, 2.24) is 4.90 Å². The average molecular weight is 372 g/mol. The first-order valence-electron chi connectivity index (χ1n) is 9.12. The second kappa shape index (κ2) is 8.29. The molecule has 2 aromatic carbocycles. The molecule has 0 radical (unpaired) electrons. The Balaban J connectivity index is 1.64. The molecule has 4 nitrogen and oxygen atoms in total. The van der Waals surface area contributed by atoms with Crippen molar-refractivity contribution in [3.8, 4) is 0 Å². The molecule has 27 heavy (non-hydrogen) atoms. The summed E-state index contributed by atoms with van der Waals surface area (Å²) in [6.45, 7) is 3.25. The highest BCUT2D eigenvalue weighted by atomic mass is 19.1. The van der Waals surface area contributed by atoms with Crippen LogP contribution < -0.4 is 4.90 Å². The molecular formula is C21H22F2N2O2. The molecule has 0 atom stereocenters. The Morgan fingerprint density at radius 2 is 1.74 bits per heavy atom. The van der Waals surface area contributed by atoms with Crippen LogP contribution in [0.1, 0.15) is 30.1 Å². The van der Waals surface area contributed by atoms with Gasteiger partial charge in [-0.05, 0) is 44.0 Å². The molecular weight excluding hydrogens is 350 g/mol. The van der Waals surface area contributed by atoms with Crippen LogP contribution in [0.25, 0.3) is 0 Å². The smallest absolute Gasteiger partial charge is 0.256 e. The van der Waals surface area contributed by atoms with Crippen molar-refractivity contribution in [2.75, 3.05) is 24.5 Å². The summed E-state index contributed by atoms with van der Waals surface area (Å²) in [4.78, 5) is 28.7. The number of benzene rings is 2. The zero-order valence-corrected chi connectivity index (χ0v) is 15.2. The lowest BCUT2D eigenvalue weighted by Crippen LogP contribution is -2.44. The summed E-state index contributed by atoms with van der Waals surface area (Å²) in [6, 6.07) is 12.4. The van der Waals surface area contributed by atoms with Crippen LogP contribution in [0, 0.1) is 17.6 Å². The number of likely N-dealkylation sites (tertiary alicyclic amines) is 1. The minimum atomic E-state index is -0.862. The van der Waals surface area contributed by atoms with Gasteiger partial charge in [-0.2, -0.15) is 0 Å². The summed E-state index contributed by atoms with van der Waals surface area (Å²) in [5.74, 6) is -2.17. The average Bonchev–Trinajstić information content (AvgIpc) is 2.69. The predicted octanol–water partition coefficient (Wildman–Crippen LogP) is 3.87. The normalized spacial score (nSPS) is 14.9. The van der Waals surface area contributed by atoms with E-state index in [2.05, 4.69) is 0 Å². The van der Waals surface area contributed by atoms with Crippen LogP contribution in [-0.2, 0) is 4.79 Å². The van der Waals surface area contributed by atoms with Crippen LogP contribution in [0.3, 0.4) is 0 Å². The summed E-state index contributed by atoms with van der Waals surface area (Å²) in [7, 11) is 0. The van der Waals surface area contributed by atoms with Gasteiger partial charge in [-0.3, -0.25) is 9.59 Å². The van der Waals surface area contributed by atoms with Gasteiger partial charge in [0.1, 0.15) is 11.6 Å². The molecule has 2 aromatic rings. The molecule has 0 N–H and O–H groups in total. The Labute approximate surface area is 157 Å². The molecule has 0 bridgehead atoms. The Bertz CT molecular complexity index is 818. The monoisotopic (exact) mass is 372 g/mol. The third-order valence-electron chi connectivity index (χ3n) is 4.94. The molecule has 0 saturated carbocycles. The van der Waals surface area contributed by atoms with E-state index in [-0.39, 0.29) is 17.4 Å². The van der Waals surface area contributed by atoms with E-state index in [4.69, 9.17) is 0 Å². The van der Waals surface area contributed by atoms with Gasteiger partial charge in [-0.1, -0.05) is 18.2 Å². The maximum Gasteiger partial charge on any atom is 0.256 e. The van der Waals surface area contributed by atoms with Gasteiger partial charge in [-0.25, -0.2) is 8.78 Å². The van der Waals surface area contributed by atoms with Crippen molar-refractivity contribution in [3.63, 3.8) is 0 Å². The Hall–Kier alpha value is -2.76. The lowest BCUT2D eigenvalue weighted by atomic mass is 9.94. The maximum atomic E-state index is 13.9. The van der Waals surface area contributed by atoms with E-state index in [1.54, 1.807) is 4.90 Å². The molecule has 1 saturated heterocycles. The van der Waals surface area contributed by atoms with E-state index >= 15 is 0 Å². The highest BCUT2D eigenvalue weighted by Gasteiger charge is 2.31.